The normalized spacial score (nSPS) is 18.7. The first-order valence-electron chi connectivity index (χ1n) is 5.23. The summed E-state index contributed by atoms with van der Waals surface area (Å²) >= 11 is 0. The Morgan fingerprint density at radius 3 is 1.39 bits per heavy atom. The molecule has 15 heteroatoms. The summed E-state index contributed by atoms with van der Waals surface area (Å²) in [4.78, 5) is 22.0. The minimum Gasteiger partial charge on any atom is -0.273 e. The van der Waals surface area contributed by atoms with E-state index in [0.29, 0.717) is 0 Å². The van der Waals surface area contributed by atoms with Crippen molar-refractivity contribution in [2.75, 3.05) is 0 Å². The topological polar surface area (TPSA) is 71.5 Å². The van der Waals surface area contributed by atoms with Gasteiger partial charge in [0.05, 0.1) is 0 Å². The number of carbonyl (C=O) groups is 2. The summed E-state index contributed by atoms with van der Waals surface area (Å²) in [5.41, 5.74) is 0. The van der Waals surface area contributed by atoms with E-state index < -0.39 is 62.3 Å². The van der Waals surface area contributed by atoms with Crippen LogP contribution in [-0.4, -0.2) is 47.8 Å². The van der Waals surface area contributed by atoms with E-state index >= 15 is 0 Å². The molecule has 0 aliphatic carbocycles. The predicted molar refractivity (Wildman–Crippen MR) is 50.9 cm³/mol. The highest BCUT2D eigenvalue weighted by Crippen LogP contribution is 2.55. The van der Waals surface area contributed by atoms with Crippen LogP contribution in [0.5, 0.6) is 0 Å². The summed E-state index contributed by atoms with van der Waals surface area (Å²) in [5, 5.41) is -7.09. The van der Waals surface area contributed by atoms with E-state index in [9.17, 15) is 57.5 Å². The SMILES string of the molecule is O=C1CCC(=O)N1S(=O)(=O)C(F)(F)C(F)(F)C(F)(F)C(F)(F)F. The number of nitrogens with zero attached hydrogens (tertiary/aromatic N) is 1. The Hall–Kier alpha value is -1.54. The van der Waals surface area contributed by atoms with Crippen LogP contribution in [0.15, 0.2) is 0 Å². The third-order valence-corrected chi connectivity index (χ3v) is 4.48. The Kier molecular flexibility index (Phi) is 4.22. The molecule has 23 heavy (non-hydrogen) atoms. The minimum atomic E-state index is -7.49. The van der Waals surface area contributed by atoms with Gasteiger partial charge in [0.2, 0.25) is 11.8 Å². The van der Waals surface area contributed by atoms with Crippen molar-refractivity contribution in [3.05, 3.63) is 0 Å². The van der Waals surface area contributed by atoms with Gasteiger partial charge in [0.15, 0.2) is 0 Å². The van der Waals surface area contributed by atoms with Gasteiger partial charge < -0.3 is 0 Å². The highest BCUT2D eigenvalue weighted by atomic mass is 32.2. The second-order valence-electron chi connectivity index (χ2n) is 4.22. The lowest BCUT2D eigenvalue weighted by molar-refractivity contribution is -0.382. The fourth-order valence-corrected chi connectivity index (χ4v) is 2.86. The molecule has 1 fully saturated rings. The molecule has 0 aromatic carbocycles. The van der Waals surface area contributed by atoms with Crippen molar-refractivity contribution in [3.8, 4) is 0 Å². The summed E-state index contributed by atoms with van der Waals surface area (Å²) in [7, 11) is -7.17. The van der Waals surface area contributed by atoms with Crippen molar-refractivity contribution in [2.45, 2.75) is 36.1 Å². The van der Waals surface area contributed by atoms with Crippen LogP contribution in [0, 0.1) is 0 Å². The van der Waals surface area contributed by atoms with Crippen LogP contribution >= 0.6 is 0 Å². The molecule has 1 aliphatic rings. The van der Waals surface area contributed by atoms with Crippen LogP contribution in [0.3, 0.4) is 0 Å². The van der Waals surface area contributed by atoms with Crippen molar-refractivity contribution >= 4 is 21.8 Å². The highest BCUT2D eigenvalue weighted by Gasteiger charge is 2.86. The lowest BCUT2D eigenvalue weighted by Crippen LogP contribution is -2.65. The molecule has 1 heterocycles. The number of carbonyl (C=O) groups excluding carboxylic acids is 2. The van der Waals surface area contributed by atoms with Crippen molar-refractivity contribution in [3.63, 3.8) is 0 Å². The third-order valence-electron chi connectivity index (χ3n) is 2.69. The van der Waals surface area contributed by atoms with Crippen LogP contribution in [0.2, 0.25) is 0 Å². The van der Waals surface area contributed by atoms with Crippen LogP contribution in [0.25, 0.3) is 0 Å². The van der Waals surface area contributed by atoms with Crippen molar-refractivity contribution in [1.82, 2.24) is 4.31 Å². The second-order valence-corrected chi connectivity index (χ2v) is 6.05. The number of hydrogen-bond donors (Lipinski definition) is 0. The lowest BCUT2D eigenvalue weighted by atomic mass is 10.1. The minimum absolute atomic E-state index is 1.02. The van der Waals surface area contributed by atoms with Gasteiger partial charge in [-0.3, -0.25) is 9.59 Å². The molecule has 0 saturated carbocycles. The van der Waals surface area contributed by atoms with E-state index in [1.165, 1.54) is 0 Å². The van der Waals surface area contributed by atoms with Gasteiger partial charge >= 0.3 is 33.3 Å². The predicted octanol–water partition coefficient (Wildman–Crippen LogP) is 1.89. The number of halogens is 9. The molecule has 5 nitrogen and oxygen atoms in total. The third kappa shape index (κ3) is 2.44. The molecule has 134 valence electrons. The maximum absolute atomic E-state index is 13.3. The summed E-state index contributed by atoms with van der Waals surface area (Å²) in [6.45, 7) is 0. The Balaban J connectivity index is 3.50. The molecule has 0 atom stereocenters. The fraction of sp³-hybridized carbons (Fsp3) is 0.750. The molecule has 0 N–H and O–H groups in total. The van der Waals surface area contributed by atoms with E-state index in [1.807, 2.05) is 0 Å². The van der Waals surface area contributed by atoms with Gasteiger partial charge in [0, 0.05) is 12.8 Å². The van der Waals surface area contributed by atoms with E-state index in [2.05, 4.69) is 0 Å². The molecular weight excluding hydrogens is 377 g/mol. The lowest BCUT2D eigenvalue weighted by Gasteiger charge is -2.34. The number of imide groups is 1. The van der Waals surface area contributed by atoms with Crippen LogP contribution < -0.4 is 0 Å². The smallest absolute Gasteiger partial charge is 0.273 e. The van der Waals surface area contributed by atoms with Gasteiger partial charge in [-0.25, -0.2) is 0 Å². The summed E-state index contributed by atoms with van der Waals surface area (Å²) in [6.07, 6.45) is -9.26. The zero-order valence-corrected chi connectivity index (χ0v) is 11.1. The number of rotatable bonds is 4. The number of sulfonamides is 1. The van der Waals surface area contributed by atoms with E-state index in [4.69, 9.17) is 0 Å². The standard InChI is InChI=1S/C8H4F9NO4S/c9-5(10,7(13,14)15)6(11,12)8(16,17)23(21,22)18-3(19)1-2-4(18)20/h1-2H2. The molecule has 0 radical (unpaired) electrons. The molecule has 1 rings (SSSR count). The maximum atomic E-state index is 13.3. The van der Waals surface area contributed by atoms with E-state index in [0.717, 1.165) is 0 Å². The van der Waals surface area contributed by atoms with Crippen molar-refractivity contribution in [2.24, 2.45) is 0 Å². The Bertz CT molecular complexity index is 622. The van der Waals surface area contributed by atoms with Crippen molar-refractivity contribution in [1.29, 1.82) is 0 Å². The van der Waals surface area contributed by atoms with E-state index in [1.54, 1.807) is 0 Å². The average Bonchev–Trinajstić information content (AvgIpc) is 2.67. The van der Waals surface area contributed by atoms with Crippen LogP contribution in [-0.2, 0) is 19.6 Å². The van der Waals surface area contributed by atoms with Gasteiger partial charge in [-0.05, 0) is 0 Å². The van der Waals surface area contributed by atoms with Gasteiger partial charge in [0.25, 0.3) is 0 Å². The van der Waals surface area contributed by atoms with Gasteiger partial charge in [0.1, 0.15) is 0 Å². The zero-order valence-electron chi connectivity index (χ0n) is 10.3. The monoisotopic (exact) mass is 381 g/mol. The molecule has 0 unspecified atom stereocenters. The summed E-state index contributed by atoms with van der Waals surface area (Å²) < 4.78 is 135. The van der Waals surface area contributed by atoms with Gasteiger partial charge in [-0.1, -0.05) is 0 Å². The highest BCUT2D eigenvalue weighted by molar-refractivity contribution is 7.91. The van der Waals surface area contributed by atoms with E-state index in [-0.39, 0.29) is 0 Å². The Morgan fingerprint density at radius 1 is 0.739 bits per heavy atom. The molecule has 1 saturated heterocycles. The number of alkyl halides is 9. The fourth-order valence-electron chi connectivity index (χ4n) is 1.46. The molecule has 1 aliphatic heterocycles. The maximum Gasteiger partial charge on any atom is 0.460 e. The quantitative estimate of drug-likeness (QED) is 0.551. The largest absolute Gasteiger partial charge is 0.460 e. The Labute approximate surface area is 121 Å². The van der Waals surface area contributed by atoms with Crippen LogP contribution in [0.1, 0.15) is 12.8 Å². The molecule has 0 spiro atoms. The first-order chi connectivity index (χ1) is 9.93. The molecular formula is C8H4F9NO4S. The Morgan fingerprint density at radius 2 is 1.09 bits per heavy atom. The second kappa shape index (κ2) is 4.98. The first-order valence-corrected chi connectivity index (χ1v) is 6.67. The summed E-state index contributed by atoms with van der Waals surface area (Å²) in [5.74, 6) is -18.9. The molecule has 0 aromatic rings. The number of amides is 2. The molecule has 0 aromatic heterocycles. The van der Waals surface area contributed by atoms with Gasteiger partial charge in [-0.2, -0.15) is 52.2 Å². The van der Waals surface area contributed by atoms with Crippen molar-refractivity contribution < 1.29 is 57.5 Å². The molecule has 2 amide bonds. The zero-order chi connectivity index (χ0) is 18.6. The average molecular weight is 381 g/mol. The number of hydrogen-bond acceptors (Lipinski definition) is 4. The summed E-state index contributed by atoms with van der Waals surface area (Å²) in [6, 6.07) is 0. The van der Waals surface area contributed by atoms with Crippen LogP contribution in [0.4, 0.5) is 39.5 Å². The molecule has 0 bridgehead atoms. The van der Waals surface area contributed by atoms with Gasteiger partial charge in [-0.15, -0.1) is 0 Å². The first kappa shape index (κ1) is 19.5.